The second-order valence-corrected chi connectivity index (χ2v) is 7.51. The van der Waals surface area contributed by atoms with Gasteiger partial charge in [0.05, 0.1) is 17.7 Å². The molecule has 1 heterocycles. The number of ether oxygens (including phenoxy) is 1. The van der Waals surface area contributed by atoms with Crippen LogP contribution in [0.3, 0.4) is 0 Å². The predicted octanol–water partition coefficient (Wildman–Crippen LogP) is 3.02. The van der Waals surface area contributed by atoms with Crippen molar-refractivity contribution in [3.8, 4) is 5.75 Å². The van der Waals surface area contributed by atoms with Crippen LogP contribution >= 0.6 is 0 Å². The molecule has 10 heteroatoms. The van der Waals surface area contributed by atoms with E-state index in [4.69, 9.17) is 4.74 Å². The number of hydrogen-bond acceptors (Lipinski definition) is 7. The van der Waals surface area contributed by atoms with Crippen molar-refractivity contribution in [1.82, 2.24) is 14.7 Å². The summed E-state index contributed by atoms with van der Waals surface area (Å²) < 4.78 is 45.0. The first-order chi connectivity index (χ1) is 13.4. The van der Waals surface area contributed by atoms with Gasteiger partial charge in [0.15, 0.2) is 0 Å². The lowest BCUT2D eigenvalue weighted by molar-refractivity contribution is 0.416. The molecule has 8 nitrogen and oxygen atoms in total. The Morgan fingerprint density at radius 1 is 1.00 bits per heavy atom. The van der Waals surface area contributed by atoms with Crippen LogP contribution in [0.25, 0.3) is 0 Å². The van der Waals surface area contributed by atoms with Crippen molar-refractivity contribution < 1.29 is 17.5 Å². The lowest BCUT2D eigenvalue weighted by atomic mass is 10.3. The van der Waals surface area contributed by atoms with Gasteiger partial charge in [-0.25, -0.2) is 27.5 Å². The maximum Gasteiger partial charge on any atom is 0.240 e. The number of rotatable bonds is 7. The summed E-state index contributed by atoms with van der Waals surface area (Å²) >= 11 is 0. The maximum atomic E-state index is 13.3. The average molecular weight is 403 g/mol. The highest BCUT2D eigenvalue weighted by Gasteiger charge is 2.15. The first kappa shape index (κ1) is 19.5. The first-order valence-electron chi connectivity index (χ1n) is 8.14. The van der Waals surface area contributed by atoms with E-state index < -0.39 is 10.0 Å². The average Bonchev–Trinajstić information content (AvgIpc) is 2.68. The lowest BCUT2D eigenvalue weighted by Crippen LogP contribution is -2.18. The van der Waals surface area contributed by atoms with Gasteiger partial charge in [-0.2, -0.15) is 0 Å². The minimum atomic E-state index is -3.62. The molecule has 3 rings (SSSR count). The van der Waals surface area contributed by atoms with Crippen molar-refractivity contribution in [1.29, 1.82) is 0 Å². The van der Waals surface area contributed by atoms with Crippen molar-refractivity contribution in [2.75, 3.05) is 24.8 Å². The van der Waals surface area contributed by atoms with Crippen LogP contribution in [0.5, 0.6) is 5.75 Å². The summed E-state index contributed by atoms with van der Waals surface area (Å²) in [6.07, 6.45) is 1.32. The fourth-order valence-electron chi connectivity index (χ4n) is 2.42. The number of benzene rings is 2. The summed E-state index contributed by atoms with van der Waals surface area (Å²) in [6.45, 7) is 0. The predicted molar refractivity (Wildman–Crippen MR) is 104 cm³/mol. The van der Waals surface area contributed by atoms with Crippen molar-refractivity contribution >= 4 is 33.0 Å². The van der Waals surface area contributed by atoms with Crippen LogP contribution in [0.4, 0.5) is 27.4 Å². The summed E-state index contributed by atoms with van der Waals surface area (Å²) in [6, 6.07) is 12.0. The van der Waals surface area contributed by atoms with Crippen LogP contribution < -0.4 is 20.1 Å². The van der Waals surface area contributed by atoms with Gasteiger partial charge in [0.25, 0.3) is 0 Å². The summed E-state index contributed by atoms with van der Waals surface area (Å²) in [5, 5.41) is 5.99. The zero-order valence-electron chi connectivity index (χ0n) is 15.1. The Bertz CT molecular complexity index is 1090. The van der Waals surface area contributed by atoms with Crippen LogP contribution in [0, 0.1) is 5.82 Å². The highest BCUT2D eigenvalue weighted by atomic mass is 32.2. The van der Waals surface area contributed by atoms with Gasteiger partial charge in [-0.1, -0.05) is 6.07 Å². The van der Waals surface area contributed by atoms with Crippen LogP contribution in [0.2, 0.25) is 0 Å². The van der Waals surface area contributed by atoms with E-state index in [1.807, 2.05) is 0 Å². The molecular formula is C18H18FN5O3S. The Morgan fingerprint density at radius 3 is 2.43 bits per heavy atom. The number of anilines is 4. The Labute approximate surface area is 161 Å². The fourth-order valence-corrected chi connectivity index (χ4v) is 3.17. The number of hydrogen-bond donors (Lipinski definition) is 3. The molecule has 0 saturated carbocycles. The molecule has 0 aliphatic rings. The summed E-state index contributed by atoms with van der Waals surface area (Å²) in [5.41, 5.74) is 0.943. The van der Waals surface area contributed by atoms with Crippen molar-refractivity contribution in [2.45, 2.75) is 4.90 Å². The second kappa shape index (κ2) is 8.19. The highest BCUT2D eigenvalue weighted by Crippen LogP contribution is 2.30. The van der Waals surface area contributed by atoms with E-state index >= 15 is 0 Å². The molecule has 0 radical (unpaired) electrons. The molecule has 2 aromatic carbocycles. The van der Waals surface area contributed by atoms with Gasteiger partial charge in [-0.3, -0.25) is 0 Å². The zero-order valence-corrected chi connectivity index (χ0v) is 15.9. The minimum Gasteiger partial charge on any atom is -0.495 e. The van der Waals surface area contributed by atoms with Gasteiger partial charge in [0.2, 0.25) is 10.0 Å². The molecule has 0 aliphatic carbocycles. The van der Waals surface area contributed by atoms with Gasteiger partial charge in [0.1, 0.15) is 29.5 Å². The molecule has 0 atom stereocenters. The highest BCUT2D eigenvalue weighted by molar-refractivity contribution is 7.89. The van der Waals surface area contributed by atoms with Gasteiger partial charge in [-0.15, -0.1) is 0 Å². The van der Waals surface area contributed by atoms with E-state index in [0.29, 0.717) is 28.8 Å². The van der Waals surface area contributed by atoms with E-state index in [9.17, 15) is 12.8 Å². The Hall–Kier alpha value is -3.24. The van der Waals surface area contributed by atoms with E-state index in [1.165, 1.54) is 44.8 Å². The molecule has 1 aromatic heterocycles. The van der Waals surface area contributed by atoms with Gasteiger partial charge in [0, 0.05) is 11.8 Å². The maximum absolute atomic E-state index is 13.3. The minimum absolute atomic E-state index is 0.0745. The summed E-state index contributed by atoms with van der Waals surface area (Å²) in [4.78, 5) is 8.30. The van der Waals surface area contributed by atoms with Crippen LogP contribution in [0.15, 0.2) is 59.8 Å². The third-order valence-electron chi connectivity index (χ3n) is 3.78. The molecule has 28 heavy (non-hydrogen) atoms. The number of aromatic nitrogens is 2. The van der Waals surface area contributed by atoms with Gasteiger partial charge in [-0.05, 0) is 43.4 Å². The number of nitrogens with one attached hydrogen (secondary N) is 3. The Balaban J connectivity index is 1.88. The molecule has 0 fully saturated rings. The zero-order chi connectivity index (χ0) is 20.1. The standard InChI is InChI=1S/C18H18FN5O3S/c1-20-28(25,26)14-6-7-16(27-2)15(9-14)24-18-10-17(21-11-22-18)23-13-5-3-4-12(19)8-13/h3-11,20H,1-2H3,(H2,21,22,23,24). The first-order valence-corrected chi connectivity index (χ1v) is 9.63. The fraction of sp³-hybridized carbons (Fsp3) is 0.111. The quantitative estimate of drug-likeness (QED) is 0.557. The second-order valence-electron chi connectivity index (χ2n) is 5.62. The van der Waals surface area contributed by atoms with Gasteiger partial charge < -0.3 is 15.4 Å². The number of halogens is 1. The van der Waals surface area contributed by atoms with Crippen molar-refractivity contribution in [3.05, 3.63) is 60.7 Å². The SMILES string of the molecule is CNS(=O)(=O)c1ccc(OC)c(Nc2cc(Nc3cccc(F)c3)ncn2)c1. The molecule has 0 aliphatic heterocycles. The normalized spacial score (nSPS) is 11.1. The van der Waals surface area contributed by atoms with Crippen LogP contribution in [-0.2, 0) is 10.0 Å². The lowest BCUT2D eigenvalue weighted by Gasteiger charge is -2.13. The third-order valence-corrected chi connectivity index (χ3v) is 5.19. The van der Waals surface area contributed by atoms with Crippen LogP contribution in [-0.4, -0.2) is 32.5 Å². The molecule has 146 valence electrons. The molecule has 0 unspecified atom stereocenters. The molecule has 0 saturated heterocycles. The number of sulfonamides is 1. The summed E-state index contributed by atoms with van der Waals surface area (Å²) in [7, 11) is -0.806. The molecule has 0 spiro atoms. The molecule has 3 N–H and O–H groups in total. The molecule has 3 aromatic rings. The van der Waals surface area contributed by atoms with E-state index in [-0.39, 0.29) is 10.7 Å². The van der Waals surface area contributed by atoms with E-state index in [0.717, 1.165) is 0 Å². The van der Waals surface area contributed by atoms with E-state index in [1.54, 1.807) is 24.3 Å². The smallest absolute Gasteiger partial charge is 0.240 e. The van der Waals surface area contributed by atoms with Crippen LogP contribution in [0.1, 0.15) is 0 Å². The topological polar surface area (TPSA) is 105 Å². The third kappa shape index (κ3) is 4.53. The van der Waals surface area contributed by atoms with Crippen molar-refractivity contribution in [3.63, 3.8) is 0 Å². The van der Waals surface area contributed by atoms with E-state index in [2.05, 4.69) is 25.3 Å². The van der Waals surface area contributed by atoms with Crippen molar-refractivity contribution in [2.24, 2.45) is 0 Å². The Kier molecular flexibility index (Phi) is 5.71. The monoisotopic (exact) mass is 403 g/mol. The molecule has 0 amide bonds. The Morgan fingerprint density at radius 2 is 1.75 bits per heavy atom. The number of methoxy groups -OCH3 is 1. The molecule has 0 bridgehead atoms. The number of nitrogens with zero attached hydrogens (tertiary/aromatic N) is 2. The largest absolute Gasteiger partial charge is 0.495 e. The molecular weight excluding hydrogens is 385 g/mol. The summed E-state index contributed by atoms with van der Waals surface area (Å²) in [5.74, 6) is 0.894. The van der Waals surface area contributed by atoms with Gasteiger partial charge >= 0.3 is 0 Å².